The van der Waals surface area contributed by atoms with Crippen LogP contribution in [0.1, 0.15) is 42.5 Å². The van der Waals surface area contributed by atoms with E-state index in [4.69, 9.17) is 9.47 Å². The molecule has 2 aromatic carbocycles. The smallest absolute Gasteiger partial charge is 0.261 e. The van der Waals surface area contributed by atoms with Crippen LogP contribution >= 0.6 is 0 Å². The van der Waals surface area contributed by atoms with Crippen LogP contribution in [0.5, 0.6) is 11.5 Å². The first-order valence-corrected chi connectivity index (χ1v) is 10.7. The Bertz CT molecular complexity index is 910. The van der Waals surface area contributed by atoms with Crippen LogP contribution in [0.15, 0.2) is 36.4 Å². The average molecular weight is 427 g/mol. The van der Waals surface area contributed by atoms with Gasteiger partial charge in [-0.1, -0.05) is 25.1 Å². The van der Waals surface area contributed by atoms with E-state index in [9.17, 15) is 9.59 Å². The maximum atomic E-state index is 13.3. The first kappa shape index (κ1) is 24.3. The third-order valence-electron chi connectivity index (χ3n) is 5.34. The molecular weight excluding hydrogens is 392 g/mol. The quantitative estimate of drug-likeness (QED) is 0.625. The number of likely N-dealkylation sites (N-methyl/N-ethyl adjacent to an activating group) is 1. The second-order valence-corrected chi connectivity index (χ2v) is 7.69. The van der Waals surface area contributed by atoms with Gasteiger partial charge in [0.05, 0.1) is 7.11 Å². The summed E-state index contributed by atoms with van der Waals surface area (Å²) in [5.74, 6) is 1.000. The summed E-state index contributed by atoms with van der Waals surface area (Å²) in [7, 11) is 1.60. The molecule has 2 amide bonds. The molecule has 168 valence electrons. The van der Waals surface area contributed by atoms with Gasteiger partial charge in [-0.15, -0.1) is 0 Å². The van der Waals surface area contributed by atoms with Crippen LogP contribution in [0.2, 0.25) is 0 Å². The standard InChI is InChI=1S/C25H34N2O4/c1-7-22(25(29)26-8-2)27(15-20-10-9-11-21(14-20)30-6)24(28)16-31-23-13-17(3)12-18(4)19(23)5/h9-14,22H,7-8,15-16H2,1-6H3,(H,26,29)/t22-/m1/s1. The molecule has 0 fully saturated rings. The molecule has 6 nitrogen and oxygen atoms in total. The number of ether oxygens (including phenoxy) is 2. The fraction of sp³-hybridized carbons (Fsp3) is 0.440. The molecule has 0 aliphatic heterocycles. The van der Waals surface area contributed by atoms with Gasteiger partial charge in [0.25, 0.3) is 5.91 Å². The predicted octanol–water partition coefficient (Wildman–Crippen LogP) is 3.94. The largest absolute Gasteiger partial charge is 0.497 e. The van der Waals surface area contributed by atoms with Gasteiger partial charge >= 0.3 is 0 Å². The highest BCUT2D eigenvalue weighted by Gasteiger charge is 2.28. The fourth-order valence-electron chi connectivity index (χ4n) is 3.55. The van der Waals surface area contributed by atoms with E-state index in [1.807, 2.05) is 65.0 Å². The summed E-state index contributed by atoms with van der Waals surface area (Å²) >= 11 is 0. The van der Waals surface area contributed by atoms with Crippen LogP contribution in [0.4, 0.5) is 0 Å². The van der Waals surface area contributed by atoms with Crippen molar-refractivity contribution in [2.24, 2.45) is 0 Å². The highest BCUT2D eigenvalue weighted by Crippen LogP contribution is 2.24. The molecule has 1 atom stereocenters. The van der Waals surface area contributed by atoms with E-state index >= 15 is 0 Å². The van der Waals surface area contributed by atoms with Crippen molar-refractivity contribution >= 4 is 11.8 Å². The van der Waals surface area contributed by atoms with E-state index in [1.165, 1.54) is 0 Å². The van der Waals surface area contributed by atoms with Crippen molar-refractivity contribution in [1.29, 1.82) is 0 Å². The summed E-state index contributed by atoms with van der Waals surface area (Å²) in [4.78, 5) is 27.5. The Kier molecular flexibility index (Phi) is 8.91. The average Bonchev–Trinajstić information content (AvgIpc) is 2.75. The second-order valence-electron chi connectivity index (χ2n) is 7.69. The lowest BCUT2D eigenvalue weighted by atomic mass is 10.1. The van der Waals surface area contributed by atoms with Crippen molar-refractivity contribution in [1.82, 2.24) is 10.2 Å². The summed E-state index contributed by atoms with van der Waals surface area (Å²) in [5.41, 5.74) is 4.09. The lowest BCUT2D eigenvalue weighted by Gasteiger charge is -2.30. The number of amides is 2. The van der Waals surface area contributed by atoms with Gasteiger partial charge in [-0.3, -0.25) is 9.59 Å². The Labute approximate surface area is 185 Å². The Balaban J connectivity index is 2.27. The molecule has 31 heavy (non-hydrogen) atoms. The summed E-state index contributed by atoms with van der Waals surface area (Å²) in [6.07, 6.45) is 0.504. The highest BCUT2D eigenvalue weighted by atomic mass is 16.5. The van der Waals surface area contributed by atoms with Crippen LogP contribution in [0.25, 0.3) is 0 Å². The molecule has 2 rings (SSSR count). The summed E-state index contributed by atoms with van der Waals surface area (Å²) < 4.78 is 11.2. The predicted molar refractivity (Wildman–Crippen MR) is 122 cm³/mol. The first-order valence-electron chi connectivity index (χ1n) is 10.7. The van der Waals surface area contributed by atoms with Crippen LogP contribution in [-0.2, 0) is 16.1 Å². The number of hydrogen-bond acceptors (Lipinski definition) is 4. The van der Waals surface area contributed by atoms with E-state index in [1.54, 1.807) is 12.0 Å². The van der Waals surface area contributed by atoms with Crippen LogP contribution < -0.4 is 14.8 Å². The van der Waals surface area contributed by atoms with Crippen LogP contribution in [0, 0.1) is 20.8 Å². The SMILES string of the molecule is CCNC(=O)[C@@H](CC)N(Cc1cccc(OC)c1)C(=O)COc1cc(C)cc(C)c1C. The van der Waals surface area contributed by atoms with E-state index < -0.39 is 6.04 Å². The van der Waals surface area contributed by atoms with Gasteiger partial charge < -0.3 is 19.7 Å². The van der Waals surface area contributed by atoms with E-state index in [0.717, 1.165) is 22.3 Å². The van der Waals surface area contributed by atoms with Crippen molar-refractivity contribution in [2.45, 2.75) is 53.6 Å². The molecule has 0 saturated heterocycles. The van der Waals surface area contributed by atoms with Gasteiger partial charge in [0.1, 0.15) is 17.5 Å². The zero-order chi connectivity index (χ0) is 23.0. The monoisotopic (exact) mass is 426 g/mol. The van der Waals surface area contributed by atoms with Crippen molar-refractivity contribution in [3.05, 3.63) is 58.7 Å². The highest BCUT2D eigenvalue weighted by molar-refractivity contribution is 5.88. The molecule has 0 bridgehead atoms. The minimum Gasteiger partial charge on any atom is -0.497 e. The van der Waals surface area contributed by atoms with Crippen molar-refractivity contribution in [2.75, 3.05) is 20.3 Å². The van der Waals surface area contributed by atoms with Gasteiger partial charge in [-0.25, -0.2) is 0 Å². The summed E-state index contributed by atoms with van der Waals surface area (Å²) in [5, 5.41) is 2.84. The zero-order valence-corrected chi connectivity index (χ0v) is 19.5. The fourth-order valence-corrected chi connectivity index (χ4v) is 3.55. The Morgan fingerprint density at radius 1 is 1.10 bits per heavy atom. The number of carbonyl (C=O) groups excluding carboxylic acids is 2. The molecule has 0 spiro atoms. The van der Waals surface area contributed by atoms with Gasteiger partial charge in [-0.05, 0) is 74.6 Å². The molecule has 0 radical (unpaired) electrons. The number of hydrogen-bond donors (Lipinski definition) is 1. The number of rotatable bonds is 10. The Morgan fingerprint density at radius 3 is 2.48 bits per heavy atom. The van der Waals surface area contributed by atoms with E-state index in [2.05, 4.69) is 11.4 Å². The van der Waals surface area contributed by atoms with E-state index in [0.29, 0.717) is 31.0 Å². The topological polar surface area (TPSA) is 67.9 Å². The Hall–Kier alpha value is -3.02. The molecule has 6 heteroatoms. The van der Waals surface area contributed by atoms with Crippen molar-refractivity contribution < 1.29 is 19.1 Å². The van der Waals surface area contributed by atoms with E-state index in [-0.39, 0.29) is 18.4 Å². The lowest BCUT2D eigenvalue weighted by molar-refractivity contribution is -0.142. The summed E-state index contributed by atoms with van der Waals surface area (Å²) in [6, 6.07) is 11.0. The second kappa shape index (κ2) is 11.4. The van der Waals surface area contributed by atoms with Gasteiger partial charge in [0.2, 0.25) is 5.91 Å². The normalized spacial score (nSPS) is 11.5. The molecule has 0 aliphatic carbocycles. The number of nitrogens with one attached hydrogen (secondary N) is 1. The molecule has 0 aromatic heterocycles. The number of nitrogens with zero attached hydrogens (tertiary/aromatic N) is 1. The number of carbonyl (C=O) groups is 2. The molecule has 2 aromatic rings. The number of aryl methyl sites for hydroxylation is 2. The zero-order valence-electron chi connectivity index (χ0n) is 19.5. The third-order valence-corrected chi connectivity index (χ3v) is 5.34. The minimum atomic E-state index is -0.581. The number of methoxy groups -OCH3 is 1. The molecule has 0 aliphatic rings. The van der Waals surface area contributed by atoms with Crippen LogP contribution in [0.3, 0.4) is 0 Å². The molecule has 0 saturated carbocycles. The minimum absolute atomic E-state index is 0.135. The molecule has 0 heterocycles. The third kappa shape index (κ3) is 6.48. The maximum Gasteiger partial charge on any atom is 0.261 e. The lowest BCUT2D eigenvalue weighted by Crippen LogP contribution is -2.50. The van der Waals surface area contributed by atoms with Gasteiger partial charge in [-0.2, -0.15) is 0 Å². The van der Waals surface area contributed by atoms with Crippen LogP contribution in [-0.4, -0.2) is 43.0 Å². The maximum absolute atomic E-state index is 13.3. The molecule has 0 unspecified atom stereocenters. The van der Waals surface area contributed by atoms with Crippen molar-refractivity contribution in [3.63, 3.8) is 0 Å². The summed E-state index contributed by atoms with van der Waals surface area (Å²) in [6.45, 7) is 10.4. The van der Waals surface area contributed by atoms with Gasteiger partial charge in [0.15, 0.2) is 6.61 Å². The Morgan fingerprint density at radius 2 is 1.84 bits per heavy atom. The molecule has 1 N–H and O–H groups in total. The molecular formula is C25H34N2O4. The van der Waals surface area contributed by atoms with Crippen molar-refractivity contribution in [3.8, 4) is 11.5 Å². The number of benzene rings is 2. The first-order chi connectivity index (χ1) is 14.8. The van der Waals surface area contributed by atoms with Gasteiger partial charge in [0, 0.05) is 13.1 Å².